The van der Waals surface area contributed by atoms with E-state index in [1.54, 1.807) is 6.92 Å². The van der Waals surface area contributed by atoms with Crippen molar-refractivity contribution in [2.24, 2.45) is 5.92 Å². The number of anilines is 1. The van der Waals surface area contributed by atoms with E-state index in [1.807, 2.05) is 5.32 Å². The van der Waals surface area contributed by atoms with Crippen molar-refractivity contribution < 1.29 is 37.1 Å². The summed E-state index contributed by atoms with van der Waals surface area (Å²) in [6.07, 6.45) is -3.08. The molecule has 4 amide bonds. The van der Waals surface area contributed by atoms with Gasteiger partial charge in [-0.3, -0.25) is 19.3 Å². The molecular weight excluding hydrogens is 395 g/mol. The quantitative estimate of drug-likeness (QED) is 0.548. The molecule has 1 heterocycles. The summed E-state index contributed by atoms with van der Waals surface area (Å²) in [6.45, 7) is 0.0235. The van der Waals surface area contributed by atoms with Crippen molar-refractivity contribution in [2.75, 3.05) is 18.5 Å². The number of hydrogen-bond donors (Lipinski definition) is 2. The zero-order valence-electron chi connectivity index (χ0n) is 15.3. The standard InChI is InChI=1S/C18H18F3N3O5/c1-17(10-6-7-10)15(27)24(16(28)23-17)8-14(26)29-9-13(25)22-12-5-3-2-4-11(12)18(19,20)21/h2-5,10H,6-9H2,1H3,(H,22,25)(H,23,28)/t17-/m0/s1. The molecule has 0 spiro atoms. The van der Waals surface area contributed by atoms with E-state index in [0.717, 1.165) is 25.0 Å². The summed E-state index contributed by atoms with van der Waals surface area (Å²) in [4.78, 5) is 48.9. The summed E-state index contributed by atoms with van der Waals surface area (Å²) in [5.74, 6) is -2.56. The zero-order valence-corrected chi connectivity index (χ0v) is 15.3. The number of amides is 4. The lowest BCUT2D eigenvalue weighted by Crippen LogP contribution is -2.46. The molecule has 3 rings (SSSR count). The van der Waals surface area contributed by atoms with Crippen LogP contribution in [0.25, 0.3) is 0 Å². The third-order valence-electron chi connectivity index (χ3n) is 4.85. The van der Waals surface area contributed by atoms with Gasteiger partial charge >= 0.3 is 18.2 Å². The van der Waals surface area contributed by atoms with Gasteiger partial charge in [0.25, 0.3) is 11.8 Å². The Labute approximate surface area is 163 Å². The van der Waals surface area contributed by atoms with Gasteiger partial charge in [0.1, 0.15) is 12.1 Å². The van der Waals surface area contributed by atoms with Gasteiger partial charge < -0.3 is 15.4 Å². The number of para-hydroxylation sites is 1. The maximum absolute atomic E-state index is 12.9. The molecular formula is C18H18F3N3O5. The number of esters is 1. The van der Waals surface area contributed by atoms with Crippen molar-refractivity contribution in [3.05, 3.63) is 29.8 Å². The number of urea groups is 1. The minimum absolute atomic E-state index is 0.0134. The van der Waals surface area contributed by atoms with Crippen molar-refractivity contribution in [2.45, 2.75) is 31.5 Å². The van der Waals surface area contributed by atoms with E-state index in [-0.39, 0.29) is 5.92 Å². The Morgan fingerprint density at radius 1 is 1.28 bits per heavy atom. The smallest absolute Gasteiger partial charge is 0.418 e. The van der Waals surface area contributed by atoms with Gasteiger partial charge in [-0.15, -0.1) is 0 Å². The highest BCUT2D eigenvalue weighted by atomic mass is 19.4. The van der Waals surface area contributed by atoms with Crippen LogP contribution in [-0.2, 0) is 25.3 Å². The molecule has 0 aromatic heterocycles. The maximum Gasteiger partial charge on any atom is 0.418 e. The Balaban J connectivity index is 1.53. The fourth-order valence-corrected chi connectivity index (χ4v) is 3.14. The number of nitrogens with zero attached hydrogens (tertiary/aromatic N) is 1. The molecule has 2 aliphatic rings. The zero-order chi connectivity index (χ0) is 21.4. The second kappa shape index (κ2) is 7.37. The molecule has 29 heavy (non-hydrogen) atoms. The maximum atomic E-state index is 12.9. The number of rotatable bonds is 6. The van der Waals surface area contributed by atoms with Crippen molar-refractivity contribution in [1.29, 1.82) is 0 Å². The molecule has 2 fully saturated rings. The lowest BCUT2D eigenvalue weighted by molar-refractivity contribution is -0.150. The third-order valence-corrected chi connectivity index (χ3v) is 4.85. The van der Waals surface area contributed by atoms with E-state index < -0.39 is 59.9 Å². The van der Waals surface area contributed by atoms with Crippen LogP contribution in [0.3, 0.4) is 0 Å². The first kappa shape index (κ1) is 20.6. The summed E-state index contributed by atoms with van der Waals surface area (Å²) in [5.41, 5.74) is -2.58. The van der Waals surface area contributed by atoms with Crippen molar-refractivity contribution in [1.82, 2.24) is 10.2 Å². The fourth-order valence-electron chi connectivity index (χ4n) is 3.14. The largest absolute Gasteiger partial charge is 0.454 e. The van der Waals surface area contributed by atoms with Crippen LogP contribution in [0.4, 0.5) is 23.7 Å². The molecule has 1 saturated carbocycles. The number of halogens is 3. The predicted octanol–water partition coefficient (Wildman–Crippen LogP) is 1.91. The van der Waals surface area contributed by atoms with E-state index in [1.165, 1.54) is 12.1 Å². The molecule has 2 N–H and O–H groups in total. The first-order chi connectivity index (χ1) is 13.5. The topological polar surface area (TPSA) is 105 Å². The van der Waals surface area contributed by atoms with Gasteiger partial charge in [0.15, 0.2) is 6.61 Å². The van der Waals surface area contributed by atoms with Crippen molar-refractivity contribution in [3.63, 3.8) is 0 Å². The number of benzene rings is 1. The van der Waals surface area contributed by atoms with Crippen LogP contribution in [0.15, 0.2) is 24.3 Å². The Bertz CT molecular complexity index is 869. The molecule has 1 aromatic carbocycles. The molecule has 0 radical (unpaired) electrons. The highest BCUT2D eigenvalue weighted by Crippen LogP contribution is 2.42. The first-order valence-corrected chi connectivity index (χ1v) is 8.78. The monoisotopic (exact) mass is 413 g/mol. The SMILES string of the molecule is C[C@@]1(C2CC2)NC(=O)N(CC(=O)OCC(=O)Nc2ccccc2C(F)(F)F)C1=O. The molecule has 1 aliphatic heterocycles. The minimum Gasteiger partial charge on any atom is -0.454 e. The summed E-state index contributed by atoms with van der Waals surface area (Å²) >= 11 is 0. The van der Waals surface area contributed by atoms with Gasteiger partial charge in [-0.1, -0.05) is 12.1 Å². The molecule has 11 heteroatoms. The number of ether oxygens (including phenoxy) is 1. The van der Waals surface area contributed by atoms with Crippen LogP contribution in [0, 0.1) is 5.92 Å². The van der Waals surface area contributed by atoms with Crippen LogP contribution >= 0.6 is 0 Å². The Hall–Kier alpha value is -3.11. The van der Waals surface area contributed by atoms with E-state index in [2.05, 4.69) is 5.32 Å². The average Bonchev–Trinajstić information content (AvgIpc) is 3.46. The summed E-state index contributed by atoms with van der Waals surface area (Å²) in [7, 11) is 0. The normalized spacial score (nSPS) is 21.7. The number of imide groups is 1. The molecule has 1 saturated heterocycles. The average molecular weight is 413 g/mol. The van der Waals surface area contributed by atoms with Crippen LogP contribution in [-0.4, -0.2) is 47.4 Å². The Morgan fingerprint density at radius 2 is 1.93 bits per heavy atom. The van der Waals surface area contributed by atoms with E-state index in [4.69, 9.17) is 4.74 Å². The number of alkyl halides is 3. The Kier molecular flexibility index (Phi) is 5.24. The number of hydrogen-bond acceptors (Lipinski definition) is 5. The molecule has 8 nitrogen and oxygen atoms in total. The first-order valence-electron chi connectivity index (χ1n) is 8.78. The van der Waals surface area contributed by atoms with Crippen LogP contribution in [0.5, 0.6) is 0 Å². The minimum atomic E-state index is -4.67. The lowest BCUT2D eigenvalue weighted by atomic mass is 9.96. The number of carbonyl (C=O) groups is 4. The highest BCUT2D eigenvalue weighted by molar-refractivity contribution is 6.09. The molecule has 0 unspecified atom stereocenters. The summed E-state index contributed by atoms with van der Waals surface area (Å²) in [5, 5.41) is 4.58. The second-order valence-electron chi connectivity index (χ2n) is 7.05. The van der Waals surface area contributed by atoms with Gasteiger partial charge in [0.05, 0.1) is 11.3 Å². The van der Waals surface area contributed by atoms with E-state index in [9.17, 15) is 32.3 Å². The van der Waals surface area contributed by atoms with Gasteiger partial charge in [0, 0.05) is 0 Å². The van der Waals surface area contributed by atoms with Crippen LogP contribution in [0.1, 0.15) is 25.3 Å². The van der Waals surface area contributed by atoms with Gasteiger partial charge in [-0.2, -0.15) is 13.2 Å². The van der Waals surface area contributed by atoms with Crippen LogP contribution < -0.4 is 10.6 Å². The molecule has 1 aromatic rings. The van der Waals surface area contributed by atoms with Crippen molar-refractivity contribution in [3.8, 4) is 0 Å². The number of carbonyl (C=O) groups excluding carboxylic acids is 4. The molecule has 0 bridgehead atoms. The number of nitrogens with one attached hydrogen (secondary N) is 2. The highest BCUT2D eigenvalue weighted by Gasteiger charge is 2.56. The third kappa shape index (κ3) is 4.33. The van der Waals surface area contributed by atoms with Crippen LogP contribution in [0.2, 0.25) is 0 Å². The Morgan fingerprint density at radius 3 is 2.55 bits per heavy atom. The fraction of sp³-hybridized carbons (Fsp3) is 0.444. The molecule has 1 aliphatic carbocycles. The molecule has 1 atom stereocenters. The van der Waals surface area contributed by atoms with Gasteiger partial charge in [0.2, 0.25) is 0 Å². The van der Waals surface area contributed by atoms with Crippen molar-refractivity contribution >= 4 is 29.5 Å². The van der Waals surface area contributed by atoms with Gasteiger partial charge in [-0.25, -0.2) is 4.79 Å². The lowest BCUT2D eigenvalue weighted by Gasteiger charge is -2.20. The summed E-state index contributed by atoms with van der Waals surface area (Å²) < 4.78 is 43.5. The predicted molar refractivity (Wildman–Crippen MR) is 92.4 cm³/mol. The summed E-state index contributed by atoms with van der Waals surface area (Å²) in [6, 6.07) is 3.62. The second-order valence-corrected chi connectivity index (χ2v) is 7.05. The van der Waals surface area contributed by atoms with E-state index >= 15 is 0 Å². The van der Waals surface area contributed by atoms with Gasteiger partial charge in [-0.05, 0) is 37.8 Å². The van der Waals surface area contributed by atoms with E-state index in [0.29, 0.717) is 4.90 Å². The molecule has 156 valence electrons.